The van der Waals surface area contributed by atoms with Crippen LogP contribution in [0.2, 0.25) is 0 Å². The Morgan fingerprint density at radius 1 is 1.17 bits per heavy atom. The molecule has 0 saturated heterocycles. The lowest BCUT2D eigenvalue weighted by Gasteiger charge is -2.26. The summed E-state index contributed by atoms with van der Waals surface area (Å²) in [6, 6.07) is 4.46. The highest BCUT2D eigenvalue weighted by atomic mass is 16.2. The second-order valence-electron chi connectivity index (χ2n) is 8.84. The van der Waals surface area contributed by atoms with Gasteiger partial charge >= 0.3 is 0 Å². The molecule has 1 N–H and O–H groups in total. The fourth-order valence-electron chi connectivity index (χ4n) is 4.77. The number of carbonyl (C=O) groups is 1. The molecule has 2 aliphatic rings. The van der Waals surface area contributed by atoms with E-state index in [2.05, 4.69) is 15.0 Å². The van der Waals surface area contributed by atoms with E-state index in [1.54, 1.807) is 4.90 Å². The smallest absolute Gasteiger partial charge is 0.274 e. The van der Waals surface area contributed by atoms with Crippen LogP contribution in [0.3, 0.4) is 0 Å². The van der Waals surface area contributed by atoms with Gasteiger partial charge in [-0.3, -0.25) is 14.5 Å². The lowest BCUT2D eigenvalue weighted by Crippen LogP contribution is -2.35. The second kappa shape index (κ2) is 9.08. The van der Waals surface area contributed by atoms with Gasteiger partial charge in [0.25, 0.3) is 5.91 Å². The minimum atomic E-state index is 0.0263. The van der Waals surface area contributed by atoms with Crippen molar-refractivity contribution in [2.24, 2.45) is 5.92 Å². The van der Waals surface area contributed by atoms with Crippen molar-refractivity contribution in [1.82, 2.24) is 25.0 Å². The maximum absolute atomic E-state index is 12.8. The summed E-state index contributed by atoms with van der Waals surface area (Å²) in [5.74, 6) is 0.732. The summed E-state index contributed by atoms with van der Waals surface area (Å²) in [5.41, 5.74) is 4.36. The van der Waals surface area contributed by atoms with Crippen molar-refractivity contribution >= 4 is 5.91 Å². The van der Waals surface area contributed by atoms with E-state index in [9.17, 15) is 4.79 Å². The highest BCUT2D eigenvalue weighted by molar-refractivity contribution is 5.93. The van der Waals surface area contributed by atoms with Gasteiger partial charge in [-0.15, -0.1) is 0 Å². The van der Waals surface area contributed by atoms with Crippen LogP contribution in [0.15, 0.2) is 24.5 Å². The molecule has 156 valence electrons. The fourth-order valence-corrected chi connectivity index (χ4v) is 4.77. The summed E-state index contributed by atoms with van der Waals surface area (Å²) < 4.78 is 2.18. The van der Waals surface area contributed by atoms with Crippen molar-refractivity contribution in [3.05, 3.63) is 47.0 Å². The van der Waals surface area contributed by atoms with E-state index < -0.39 is 0 Å². The first-order valence-corrected chi connectivity index (χ1v) is 11.0. The molecule has 2 heterocycles. The number of fused-ring (bicyclic) bond motifs is 1. The molecule has 1 fully saturated rings. The topological polar surface area (TPSA) is 63.1 Å². The van der Waals surface area contributed by atoms with E-state index in [0.717, 1.165) is 37.9 Å². The van der Waals surface area contributed by atoms with Gasteiger partial charge in [0.05, 0.1) is 0 Å². The maximum atomic E-state index is 12.8. The predicted molar refractivity (Wildman–Crippen MR) is 114 cm³/mol. The van der Waals surface area contributed by atoms with Crippen LogP contribution in [0.1, 0.15) is 65.8 Å². The molecule has 0 aliphatic heterocycles. The number of amides is 1. The summed E-state index contributed by atoms with van der Waals surface area (Å²) in [6.45, 7) is 1.80. The zero-order valence-corrected chi connectivity index (χ0v) is 17.7. The van der Waals surface area contributed by atoms with Crippen molar-refractivity contribution in [2.45, 2.75) is 70.5 Å². The third kappa shape index (κ3) is 4.69. The van der Waals surface area contributed by atoms with Crippen molar-refractivity contribution in [3.8, 4) is 0 Å². The van der Waals surface area contributed by atoms with Crippen molar-refractivity contribution in [2.75, 3.05) is 14.1 Å². The molecule has 0 aromatic carbocycles. The maximum Gasteiger partial charge on any atom is 0.274 e. The normalized spacial score (nSPS) is 19.7. The van der Waals surface area contributed by atoms with Crippen LogP contribution in [-0.2, 0) is 25.9 Å². The van der Waals surface area contributed by atoms with Crippen molar-refractivity contribution in [3.63, 3.8) is 0 Å². The van der Waals surface area contributed by atoms with Crippen molar-refractivity contribution < 1.29 is 4.79 Å². The van der Waals surface area contributed by atoms with Crippen LogP contribution in [0.5, 0.6) is 0 Å². The van der Waals surface area contributed by atoms with Gasteiger partial charge in [-0.2, -0.15) is 5.10 Å². The van der Waals surface area contributed by atoms with Crippen molar-refractivity contribution in [1.29, 1.82) is 0 Å². The molecule has 0 radical (unpaired) electrons. The van der Waals surface area contributed by atoms with E-state index in [1.165, 1.54) is 43.4 Å². The lowest BCUT2D eigenvalue weighted by molar-refractivity contribution is 0.0819. The monoisotopic (exact) mass is 395 g/mol. The molecular weight excluding hydrogens is 362 g/mol. The largest absolute Gasteiger partial charge is 0.343 e. The molecule has 1 saturated carbocycles. The molecule has 2 aromatic rings. The Morgan fingerprint density at radius 2 is 1.93 bits per heavy atom. The summed E-state index contributed by atoms with van der Waals surface area (Å²) in [4.78, 5) is 18.6. The van der Waals surface area contributed by atoms with Gasteiger partial charge in [-0.1, -0.05) is 19.3 Å². The first-order chi connectivity index (χ1) is 14.1. The third-order valence-corrected chi connectivity index (χ3v) is 6.46. The van der Waals surface area contributed by atoms with Gasteiger partial charge < -0.3 is 10.2 Å². The van der Waals surface area contributed by atoms with Gasteiger partial charge in [-0.25, -0.2) is 0 Å². The van der Waals surface area contributed by atoms with E-state index in [4.69, 9.17) is 5.10 Å². The first kappa shape index (κ1) is 20.1. The molecule has 2 aliphatic carbocycles. The molecule has 4 rings (SSSR count). The number of nitrogens with zero attached hydrogens (tertiary/aromatic N) is 4. The van der Waals surface area contributed by atoms with E-state index in [-0.39, 0.29) is 5.91 Å². The van der Waals surface area contributed by atoms with E-state index in [1.807, 2.05) is 38.6 Å². The first-order valence-electron chi connectivity index (χ1n) is 11.0. The second-order valence-corrected chi connectivity index (χ2v) is 8.84. The van der Waals surface area contributed by atoms with Gasteiger partial charge in [0.1, 0.15) is 0 Å². The van der Waals surface area contributed by atoms with E-state index in [0.29, 0.717) is 17.7 Å². The highest BCUT2D eigenvalue weighted by Crippen LogP contribution is 2.30. The predicted octanol–water partition coefficient (Wildman–Crippen LogP) is 3.21. The molecule has 29 heavy (non-hydrogen) atoms. The molecule has 0 spiro atoms. The highest BCUT2D eigenvalue weighted by Gasteiger charge is 2.30. The molecular formula is C23H33N5O. The summed E-state index contributed by atoms with van der Waals surface area (Å²) >= 11 is 0. The third-order valence-electron chi connectivity index (χ3n) is 6.46. The summed E-state index contributed by atoms with van der Waals surface area (Å²) in [5, 5.41) is 8.52. The molecule has 6 nitrogen and oxygen atoms in total. The quantitative estimate of drug-likeness (QED) is 0.816. The average molecular weight is 396 g/mol. The standard InChI is InChI=1S/C23H33N5O/c1-27(2)23(29)22-20-14-19(25-15-17-10-12-24-13-11-17)8-9-21(20)28(26-22)16-18-6-4-3-5-7-18/h10-13,18-19,25H,3-9,14-16H2,1-2H3/t19-/m1/s1. The SMILES string of the molecule is CN(C)C(=O)c1nn(CC2CCCCC2)c2c1C[C@H](NCc1ccncc1)CC2. The minimum Gasteiger partial charge on any atom is -0.343 e. The van der Waals surface area contributed by atoms with Gasteiger partial charge in [0.15, 0.2) is 5.69 Å². The Bertz CT molecular complexity index is 823. The molecule has 6 heteroatoms. The summed E-state index contributed by atoms with van der Waals surface area (Å²) in [7, 11) is 3.63. The summed E-state index contributed by atoms with van der Waals surface area (Å²) in [6.07, 6.45) is 13.2. The fraction of sp³-hybridized carbons (Fsp3) is 0.609. The minimum absolute atomic E-state index is 0.0263. The zero-order chi connectivity index (χ0) is 20.2. The molecule has 0 unspecified atom stereocenters. The average Bonchev–Trinajstić information content (AvgIpc) is 3.10. The Hall–Kier alpha value is -2.21. The number of nitrogens with one attached hydrogen (secondary N) is 1. The molecule has 2 aromatic heterocycles. The molecule has 1 amide bonds. The number of carbonyl (C=O) groups excluding carboxylic acids is 1. The van der Waals surface area contributed by atoms with Crippen LogP contribution >= 0.6 is 0 Å². The Labute approximate surface area is 173 Å². The van der Waals surface area contributed by atoms with Crippen LogP contribution in [0.4, 0.5) is 0 Å². The van der Waals surface area contributed by atoms with Crippen LogP contribution in [-0.4, -0.2) is 45.7 Å². The molecule has 1 atom stereocenters. The van der Waals surface area contributed by atoms with Gasteiger partial charge in [-0.05, 0) is 55.7 Å². The van der Waals surface area contributed by atoms with Crippen LogP contribution in [0, 0.1) is 5.92 Å². The zero-order valence-electron chi connectivity index (χ0n) is 17.7. The number of pyridine rings is 1. The van der Waals surface area contributed by atoms with Gasteiger partial charge in [0, 0.05) is 56.9 Å². The number of aromatic nitrogens is 3. The number of rotatable bonds is 6. The Kier molecular flexibility index (Phi) is 6.28. The molecule has 0 bridgehead atoms. The Morgan fingerprint density at radius 3 is 2.66 bits per heavy atom. The number of hydrogen-bond donors (Lipinski definition) is 1. The van der Waals surface area contributed by atoms with Crippen LogP contribution in [0.25, 0.3) is 0 Å². The van der Waals surface area contributed by atoms with Gasteiger partial charge in [0.2, 0.25) is 0 Å². The van der Waals surface area contributed by atoms with Crippen LogP contribution < -0.4 is 5.32 Å². The number of hydrogen-bond acceptors (Lipinski definition) is 4. The lowest BCUT2D eigenvalue weighted by atomic mass is 9.88. The Balaban J connectivity index is 1.51. The van der Waals surface area contributed by atoms with E-state index >= 15 is 0 Å².